The van der Waals surface area contributed by atoms with Gasteiger partial charge in [0.25, 0.3) is 0 Å². The molecule has 0 saturated carbocycles. The van der Waals surface area contributed by atoms with Crippen LogP contribution in [-0.4, -0.2) is 70.5 Å². The maximum absolute atomic E-state index is 12.5. The minimum absolute atomic E-state index is 0.0115. The van der Waals surface area contributed by atoms with Gasteiger partial charge in [0.1, 0.15) is 5.75 Å². The second-order valence-electron chi connectivity index (χ2n) is 8.21. The summed E-state index contributed by atoms with van der Waals surface area (Å²) in [6.45, 7) is 7.88. The molecule has 3 rings (SSSR count). The van der Waals surface area contributed by atoms with Crippen LogP contribution in [0.1, 0.15) is 23.1 Å². The highest BCUT2D eigenvalue weighted by atomic mass is 32.2. The van der Waals surface area contributed by atoms with Crippen LogP contribution >= 0.6 is 0 Å². The number of benzene rings is 2. The zero-order valence-corrected chi connectivity index (χ0v) is 20.0. The predicted molar refractivity (Wildman–Crippen MR) is 125 cm³/mol. The molecule has 2 aromatic rings. The van der Waals surface area contributed by atoms with Crippen molar-refractivity contribution in [3.8, 4) is 5.75 Å². The molecule has 0 aliphatic carbocycles. The van der Waals surface area contributed by atoms with E-state index in [1.165, 1.54) is 5.56 Å². The van der Waals surface area contributed by atoms with Gasteiger partial charge in [0.05, 0.1) is 12.0 Å². The molecule has 1 heterocycles. The molecule has 2 aromatic carbocycles. The van der Waals surface area contributed by atoms with Gasteiger partial charge < -0.3 is 9.64 Å². The van der Waals surface area contributed by atoms with Crippen LogP contribution in [0.3, 0.4) is 0 Å². The van der Waals surface area contributed by atoms with Crippen molar-refractivity contribution in [2.45, 2.75) is 31.6 Å². The molecule has 1 saturated heterocycles. The molecule has 1 aliphatic heterocycles. The second-order valence-corrected chi connectivity index (χ2v) is 9.98. The van der Waals surface area contributed by atoms with E-state index in [4.69, 9.17) is 4.74 Å². The zero-order chi connectivity index (χ0) is 23.1. The van der Waals surface area contributed by atoms with E-state index in [-0.39, 0.29) is 23.8 Å². The van der Waals surface area contributed by atoms with Crippen molar-refractivity contribution in [1.82, 2.24) is 14.5 Å². The van der Waals surface area contributed by atoms with Gasteiger partial charge in [0.15, 0.2) is 0 Å². The number of aryl methyl sites for hydroxylation is 2. The smallest absolute Gasteiger partial charge is 0.240 e. The third-order valence-electron chi connectivity index (χ3n) is 6.02. The lowest BCUT2D eigenvalue weighted by Crippen LogP contribution is -2.49. The van der Waals surface area contributed by atoms with Crippen molar-refractivity contribution in [3.05, 3.63) is 59.2 Å². The molecular formula is C24H33N3O4S. The fourth-order valence-electron chi connectivity index (χ4n) is 3.72. The lowest BCUT2D eigenvalue weighted by atomic mass is 10.1. The highest BCUT2D eigenvalue weighted by Gasteiger charge is 2.21. The number of ether oxygens (including phenoxy) is 1. The summed E-state index contributed by atoms with van der Waals surface area (Å²) in [6, 6.07) is 13.2. The number of piperazine rings is 1. The number of carbonyl (C=O) groups is 1. The first-order chi connectivity index (χ1) is 15.3. The number of nitrogens with one attached hydrogen (secondary N) is 1. The van der Waals surface area contributed by atoms with Gasteiger partial charge in [-0.2, -0.15) is 0 Å². The third kappa shape index (κ3) is 6.54. The normalized spacial score (nSPS) is 15.0. The summed E-state index contributed by atoms with van der Waals surface area (Å²) in [7, 11) is -1.95. The van der Waals surface area contributed by atoms with E-state index in [0.717, 1.165) is 42.9 Å². The fourth-order valence-corrected chi connectivity index (χ4v) is 4.83. The van der Waals surface area contributed by atoms with Crippen molar-refractivity contribution < 1.29 is 17.9 Å². The fraction of sp³-hybridized carbons (Fsp3) is 0.458. The van der Waals surface area contributed by atoms with Crippen molar-refractivity contribution in [2.24, 2.45) is 0 Å². The Kier molecular flexibility index (Phi) is 8.28. The van der Waals surface area contributed by atoms with E-state index in [1.807, 2.05) is 30.9 Å². The Morgan fingerprint density at radius 1 is 1.00 bits per heavy atom. The summed E-state index contributed by atoms with van der Waals surface area (Å²) in [6.07, 6.45) is 1.12. The Hall–Kier alpha value is -2.42. The molecule has 8 heteroatoms. The van der Waals surface area contributed by atoms with E-state index in [0.29, 0.717) is 13.1 Å². The van der Waals surface area contributed by atoms with E-state index < -0.39 is 10.0 Å². The van der Waals surface area contributed by atoms with Gasteiger partial charge in [-0.25, -0.2) is 13.1 Å². The number of nitrogens with zero attached hydrogens (tertiary/aromatic N) is 2. The van der Waals surface area contributed by atoms with Gasteiger partial charge in [0.2, 0.25) is 15.9 Å². The summed E-state index contributed by atoms with van der Waals surface area (Å²) in [4.78, 5) is 16.9. The van der Waals surface area contributed by atoms with Crippen molar-refractivity contribution in [3.63, 3.8) is 0 Å². The van der Waals surface area contributed by atoms with Crippen LogP contribution in [0, 0.1) is 13.8 Å². The summed E-state index contributed by atoms with van der Waals surface area (Å²) in [5.41, 5.74) is 3.23. The Balaban J connectivity index is 1.39. The quantitative estimate of drug-likeness (QED) is 0.623. The van der Waals surface area contributed by atoms with Crippen LogP contribution in [0.2, 0.25) is 0 Å². The maximum atomic E-state index is 12.5. The van der Waals surface area contributed by atoms with Crippen molar-refractivity contribution in [1.29, 1.82) is 0 Å². The zero-order valence-electron chi connectivity index (χ0n) is 19.1. The van der Waals surface area contributed by atoms with Gasteiger partial charge >= 0.3 is 0 Å². The predicted octanol–water partition coefficient (Wildman–Crippen LogP) is 2.37. The maximum Gasteiger partial charge on any atom is 0.240 e. The van der Waals surface area contributed by atoms with Gasteiger partial charge in [-0.15, -0.1) is 0 Å². The van der Waals surface area contributed by atoms with Crippen LogP contribution in [0.25, 0.3) is 0 Å². The molecule has 174 valence electrons. The SMILES string of the molecule is COc1ccc(CCN2CCN(C(=O)CCNS(=O)(=O)c3ccc(C)c(C)c3)CC2)cc1. The lowest BCUT2D eigenvalue weighted by molar-refractivity contribution is -0.132. The van der Waals surface area contributed by atoms with Crippen LogP contribution in [-0.2, 0) is 21.2 Å². The number of sulfonamides is 1. The third-order valence-corrected chi connectivity index (χ3v) is 7.48. The highest BCUT2D eigenvalue weighted by Crippen LogP contribution is 2.15. The van der Waals surface area contributed by atoms with Crippen LogP contribution < -0.4 is 9.46 Å². The van der Waals surface area contributed by atoms with Gasteiger partial charge in [-0.3, -0.25) is 9.69 Å². The van der Waals surface area contributed by atoms with Crippen LogP contribution in [0.4, 0.5) is 0 Å². The first-order valence-corrected chi connectivity index (χ1v) is 12.5. The standard InChI is InChI=1S/C24H33N3O4S/c1-19-4-9-23(18-20(19)2)32(29,30)25-12-10-24(28)27-16-14-26(15-17-27)13-11-21-5-7-22(31-3)8-6-21/h4-9,18,25H,10-17H2,1-3H3. The van der Waals surface area contributed by atoms with Gasteiger partial charge in [-0.1, -0.05) is 18.2 Å². The number of methoxy groups -OCH3 is 1. The highest BCUT2D eigenvalue weighted by molar-refractivity contribution is 7.89. The molecule has 1 aliphatic rings. The largest absolute Gasteiger partial charge is 0.497 e. The molecule has 0 spiro atoms. The molecule has 32 heavy (non-hydrogen) atoms. The number of carbonyl (C=O) groups excluding carboxylic acids is 1. The van der Waals surface area contributed by atoms with Gasteiger partial charge in [0, 0.05) is 45.7 Å². The van der Waals surface area contributed by atoms with Crippen LogP contribution in [0.15, 0.2) is 47.4 Å². The van der Waals surface area contributed by atoms with E-state index in [2.05, 4.69) is 21.8 Å². The first-order valence-electron chi connectivity index (χ1n) is 11.0. The summed E-state index contributed by atoms with van der Waals surface area (Å²) < 4.78 is 32.7. The lowest BCUT2D eigenvalue weighted by Gasteiger charge is -2.34. The molecule has 1 amide bonds. The Morgan fingerprint density at radius 3 is 2.31 bits per heavy atom. The Bertz CT molecular complexity index is 1010. The summed E-state index contributed by atoms with van der Waals surface area (Å²) in [5.74, 6) is 0.847. The molecule has 1 fully saturated rings. The van der Waals surface area contributed by atoms with E-state index in [9.17, 15) is 13.2 Å². The van der Waals surface area contributed by atoms with E-state index in [1.54, 1.807) is 25.3 Å². The molecule has 7 nitrogen and oxygen atoms in total. The molecule has 0 aromatic heterocycles. The summed E-state index contributed by atoms with van der Waals surface area (Å²) >= 11 is 0. The molecular weight excluding hydrogens is 426 g/mol. The Labute approximate surface area is 191 Å². The molecule has 0 bridgehead atoms. The van der Waals surface area contributed by atoms with Crippen LogP contribution in [0.5, 0.6) is 5.75 Å². The van der Waals surface area contributed by atoms with Crippen molar-refractivity contribution >= 4 is 15.9 Å². The number of hydrogen-bond donors (Lipinski definition) is 1. The number of hydrogen-bond acceptors (Lipinski definition) is 5. The molecule has 0 atom stereocenters. The molecule has 0 unspecified atom stereocenters. The molecule has 1 N–H and O–H groups in total. The second kappa shape index (κ2) is 10.9. The number of amides is 1. The average molecular weight is 460 g/mol. The Morgan fingerprint density at radius 2 is 1.69 bits per heavy atom. The molecule has 0 radical (unpaired) electrons. The summed E-state index contributed by atoms with van der Waals surface area (Å²) in [5, 5.41) is 0. The topological polar surface area (TPSA) is 79.0 Å². The van der Waals surface area contributed by atoms with Crippen molar-refractivity contribution in [2.75, 3.05) is 46.4 Å². The average Bonchev–Trinajstić information content (AvgIpc) is 2.80. The minimum Gasteiger partial charge on any atom is -0.497 e. The minimum atomic E-state index is -3.61. The number of rotatable bonds is 9. The van der Waals surface area contributed by atoms with Gasteiger partial charge in [-0.05, 0) is 61.2 Å². The monoisotopic (exact) mass is 459 g/mol. The van der Waals surface area contributed by atoms with E-state index >= 15 is 0 Å². The first kappa shape index (κ1) is 24.2.